The molecule has 1 saturated heterocycles. The molecule has 1 atom stereocenters. The van der Waals surface area contributed by atoms with Gasteiger partial charge in [-0.2, -0.15) is 0 Å². The molecule has 5 nitrogen and oxygen atoms in total. The summed E-state index contributed by atoms with van der Waals surface area (Å²) < 4.78 is 25.5. The summed E-state index contributed by atoms with van der Waals surface area (Å²) in [5.74, 6) is -0.352. The number of hydrogen-bond donors (Lipinski definition) is 1. The predicted octanol–water partition coefficient (Wildman–Crippen LogP) is 1.99. The summed E-state index contributed by atoms with van der Waals surface area (Å²) in [5.41, 5.74) is 5.37. The first-order valence-corrected chi connectivity index (χ1v) is 10.9. The average molecular weight is 360 g/mol. The van der Waals surface area contributed by atoms with Crippen LogP contribution >= 0.6 is 0 Å². The van der Waals surface area contributed by atoms with Gasteiger partial charge in [0.2, 0.25) is 5.91 Å². The number of hydrogen-bond acceptors (Lipinski definition) is 3. The van der Waals surface area contributed by atoms with E-state index in [0.29, 0.717) is 13.0 Å². The first-order chi connectivity index (χ1) is 12.0. The molecule has 1 amide bonds. The molecule has 1 fully saturated rings. The van der Waals surface area contributed by atoms with Crippen LogP contribution in [0.15, 0.2) is 18.2 Å². The number of carbonyl (C=O) groups excluding carboxylic acids is 1. The van der Waals surface area contributed by atoms with Crippen molar-refractivity contribution in [2.24, 2.45) is 5.92 Å². The van der Waals surface area contributed by atoms with Crippen molar-refractivity contribution in [3.05, 3.63) is 35.0 Å². The van der Waals surface area contributed by atoms with Crippen molar-refractivity contribution in [2.75, 3.05) is 18.1 Å². The van der Waals surface area contributed by atoms with Gasteiger partial charge in [-0.25, -0.2) is 8.42 Å². The molecule has 0 spiro atoms. The fourth-order valence-corrected chi connectivity index (χ4v) is 6.10. The first-order valence-electron chi connectivity index (χ1n) is 9.04. The van der Waals surface area contributed by atoms with Gasteiger partial charge in [0.1, 0.15) is 0 Å². The maximum Gasteiger partial charge on any atom is 0.224 e. The molecule has 4 rings (SSSR count). The summed E-state index contributed by atoms with van der Waals surface area (Å²) in [6.07, 6.45) is 3.54. The Bertz CT molecular complexity index is 943. The third-order valence-electron chi connectivity index (χ3n) is 5.66. The van der Waals surface area contributed by atoms with Gasteiger partial charge < -0.3 is 9.88 Å². The number of nitrogens with zero attached hydrogens (tertiary/aromatic N) is 1. The summed E-state index contributed by atoms with van der Waals surface area (Å²) in [5, 5.41) is 4.25. The Balaban J connectivity index is 1.48. The molecule has 134 valence electrons. The molecule has 1 N–H and O–H groups in total. The van der Waals surface area contributed by atoms with Crippen LogP contribution in [0.4, 0.5) is 0 Å². The van der Waals surface area contributed by atoms with Crippen molar-refractivity contribution in [2.45, 2.75) is 39.2 Å². The van der Waals surface area contributed by atoms with Crippen molar-refractivity contribution in [1.29, 1.82) is 0 Å². The Hall–Kier alpha value is -1.82. The van der Waals surface area contributed by atoms with E-state index in [2.05, 4.69) is 35.0 Å². The highest BCUT2D eigenvalue weighted by Crippen LogP contribution is 2.32. The number of carbonyl (C=O) groups is 1. The number of rotatable bonds is 4. The number of nitrogens with one attached hydrogen (secondary N) is 1. The second-order valence-electron chi connectivity index (χ2n) is 7.27. The Morgan fingerprint density at radius 2 is 2.20 bits per heavy atom. The highest BCUT2D eigenvalue weighted by atomic mass is 32.2. The van der Waals surface area contributed by atoms with Gasteiger partial charge in [-0.3, -0.25) is 4.79 Å². The van der Waals surface area contributed by atoms with E-state index in [9.17, 15) is 13.2 Å². The van der Waals surface area contributed by atoms with Crippen LogP contribution in [0, 0.1) is 12.8 Å². The van der Waals surface area contributed by atoms with Crippen LogP contribution in [-0.4, -0.2) is 36.9 Å². The van der Waals surface area contributed by atoms with E-state index in [4.69, 9.17) is 0 Å². The Morgan fingerprint density at radius 1 is 1.36 bits per heavy atom. The molecule has 0 aliphatic carbocycles. The highest BCUT2D eigenvalue weighted by molar-refractivity contribution is 7.91. The van der Waals surface area contributed by atoms with Crippen LogP contribution in [0.1, 0.15) is 29.7 Å². The molecule has 25 heavy (non-hydrogen) atoms. The quantitative estimate of drug-likeness (QED) is 0.907. The van der Waals surface area contributed by atoms with E-state index in [1.807, 2.05) is 0 Å². The average Bonchev–Trinajstić information content (AvgIpc) is 3.09. The van der Waals surface area contributed by atoms with Crippen molar-refractivity contribution < 1.29 is 13.2 Å². The molecule has 0 saturated carbocycles. The minimum atomic E-state index is -3.02. The second-order valence-corrected chi connectivity index (χ2v) is 9.50. The lowest BCUT2D eigenvalue weighted by atomic mass is 10.0. The number of aryl methyl sites for hydroxylation is 2. The van der Waals surface area contributed by atoms with Crippen LogP contribution in [-0.2, 0) is 34.0 Å². The van der Waals surface area contributed by atoms with Gasteiger partial charge in [-0.15, -0.1) is 0 Å². The van der Waals surface area contributed by atoms with Crippen molar-refractivity contribution in [1.82, 2.24) is 9.88 Å². The molecular weight excluding hydrogens is 336 g/mol. The molecule has 1 aromatic heterocycles. The highest BCUT2D eigenvalue weighted by Gasteiger charge is 2.32. The molecule has 1 aromatic carbocycles. The van der Waals surface area contributed by atoms with E-state index in [1.54, 1.807) is 0 Å². The summed E-state index contributed by atoms with van der Waals surface area (Å²) >= 11 is 0. The van der Waals surface area contributed by atoms with Crippen LogP contribution in [0.2, 0.25) is 0 Å². The third-order valence-corrected chi connectivity index (χ3v) is 7.43. The van der Waals surface area contributed by atoms with E-state index >= 15 is 0 Å². The van der Waals surface area contributed by atoms with Crippen LogP contribution in [0.25, 0.3) is 10.9 Å². The number of aromatic nitrogens is 1. The lowest BCUT2D eigenvalue weighted by molar-refractivity contribution is -0.124. The fourth-order valence-electron chi connectivity index (χ4n) is 4.36. The zero-order valence-corrected chi connectivity index (χ0v) is 15.4. The smallest absolute Gasteiger partial charge is 0.224 e. The molecule has 2 aliphatic rings. The standard InChI is InChI=1S/C19H24N2O3S/c1-13-16(7-9-20-19(22)15-8-11-25(23,24)12-15)17-6-2-4-14-5-3-10-21(13)18(14)17/h2,4,6,15H,3,5,7-12H2,1H3,(H,20,22)/t15-/m0/s1. The second kappa shape index (κ2) is 6.16. The van der Waals surface area contributed by atoms with E-state index in [0.717, 1.165) is 19.4 Å². The molecule has 0 bridgehead atoms. The first kappa shape index (κ1) is 16.6. The molecule has 2 aromatic rings. The number of benzene rings is 1. The van der Waals surface area contributed by atoms with Crippen LogP contribution in [0.5, 0.6) is 0 Å². The van der Waals surface area contributed by atoms with E-state index in [1.165, 1.54) is 34.1 Å². The van der Waals surface area contributed by atoms with Crippen molar-refractivity contribution in [3.8, 4) is 0 Å². The Kier molecular flexibility index (Phi) is 4.10. The summed E-state index contributed by atoms with van der Waals surface area (Å²) in [6, 6.07) is 6.51. The number of para-hydroxylation sites is 1. The van der Waals surface area contributed by atoms with Gasteiger partial charge in [0, 0.05) is 24.2 Å². The Labute approximate surface area is 148 Å². The van der Waals surface area contributed by atoms with Crippen molar-refractivity contribution in [3.63, 3.8) is 0 Å². The fraction of sp³-hybridized carbons (Fsp3) is 0.526. The van der Waals surface area contributed by atoms with Crippen LogP contribution < -0.4 is 5.32 Å². The van der Waals surface area contributed by atoms with Gasteiger partial charge in [-0.1, -0.05) is 18.2 Å². The molecule has 6 heteroatoms. The molecule has 3 heterocycles. The molecule has 2 aliphatic heterocycles. The molecular formula is C19H24N2O3S. The van der Waals surface area contributed by atoms with E-state index < -0.39 is 9.84 Å². The SMILES string of the molecule is Cc1c(CCNC(=O)[C@H]2CCS(=O)(=O)C2)c2cccc3c2n1CCC3. The largest absolute Gasteiger partial charge is 0.356 e. The lowest BCUT2D eigenvalue weighted by Crippen LogP contribution is -2.32. The van der Waals surface area contributed by atoms with Gasteiger partial charge in [0.05, 0.1) is 22.9 Å². The maximum atomic E-state index is 12.2. The van der Waals surface area contributed by atoms with Crippen molar-refractivity contribution >= 4 is 26.6 Å². The minimum Gasteiger partial charge on any atom is -0.356 e. The zero-order chi connectivity index (χ0) is 17.6. The summed E-state index contributed by atoms with van der Waals surface area (Å²) in [7, 11) is -3.02. The molecule has 0 radical (unpaired) electrons. The summed E-state index contributed by atoms with van der Waals surface area (Å²) in [4.78, 5) is 12.2. The predicted molar refractivity (Wildman–Crippen MR) is 98.5 cm³/mol. The maximum absolute atomic E-state index is 12.2. The van der Waals surface area contributed by atoms with Crippen LogP contribution in [0.3, 0.4) is 0 Å². The third kappa shape index (κ3) is 2.97. The van der Waals surface area contributed by atoms with Gasteiger partial charge >= 0.3 is 0 Å². The lowest BCUT2D eigenvalue weighted by Gasteiger charge is -2.16. The van der Waals surface area contributed by atoms with Gasteiger partial charge in [-0.05, 0) is 43.7 Å². The summed E-state index contributed by atoms with van der Waals surface area (Å²) in [6.45, 7) is 3.78. The topological polar surface area (TPSA) is 68.2 Å². The number of sulfone groups is 1. The van der Waals surface area contributed by atoms with Gasteiger partial charge in [0.25, 0.3) is 0 Å². The molecule has 0 unspecified atom stereocenters. The minimum absolute atomic E-state index is 0.000525. The Morgan fingerprint density at radius 3 is 2.96 bits per heavy atom. The zero-order valence-electron chi connectivity index (χ0n) is 14.5. The number of amides is 1. The normalized spacial score (nSPS) is 21.6. The van der Waals surface area contributed by atoms with E-state index in [-0.39, 0.29) is 23.3 Å². The van der Waals surface area contributed by atoms with Gasteiger partial charge in [0.15, 0.2) is 9.84 Å². The monoisotopic (exact) mass is 360 g/mol.